The number of rotatable bonds is 1. The van der Waals surface area contributed by atoms with E-state index in [4.69, 9.17) is 5.73 Å². The largest absolute Gasteiger partial charge is 0.399 e. The molecule has 3 amide bonds. The summed E-state index contributed by atoms with van der Waals surface area (Å²) in [6.07, 6.45) is 0. The van der Waals surface area contributed by atoms with Gasteiger partial charge >= 0.3 is 0 Å². The van der Waals surface area contributed by atoms with Crippen LogP contribution in [0.3, 0.4) is 0 Å². The van der Waals surface area contributed by atoms with Crippen LogP contribution in [-0.4, -0.2) is 88.7 Å². The molecule has 138 valence electrons. The second kappa shape index (κ2) is 5.75. The summed E-state index contributed by atoms with van der Waals surface area (Å²) in [6.45, 7) is 0. The van der Waals surface area contributed by atoms with Crippen LogP contribution >= 0.6 is 0 Å². The number of nitrogen functional groups attached to an aromatic ring is 1. The van der Waals surface area contributed by atoms with Crippen LogP contribution in [0, 0.1) is 5.82 Å². The van der Waals surface area contributed by atoms with E-state index in [2.05, 4.69) is 5.32 Å². The Morgan fingerprint density at radius 2 is 1.61 bits per heavy atom. The first-order valence-electron chi connectivity index (χ1n) is 9.10. The summed E-state index contributed by atoms with van der Waals surface area (Å²) >= 11 is 0. The molecule has 0 bridgehead atoms. The first-order valence-corrected chi connectivity index (χ1v) is 9.10. The lowest BCUT2D eigenvalue weighted by atomic mass is 9.26. The quantitative estimate of drug-likeness (QED) is 0.256. The minimum absolute atomic E-state index is 0.0247. The molecular formula is C13H19B7FN3O4. The predicted octanol–water partition coefficient (Wildman–Crippen LogP) is -9.09. The number of hydrogen-bond acceptors (Lipinski definition) is 5. The number of fused-ring (bicyclic) bond motifs is 1. The summed E-state index contributed by atoms with van der Waals surface area (Å²) in [6, 6.07) is -1.17. The van der Waals surface area contributed by atoms with Crippen molar-refractivity contribution in [2.75, 3.05) is 5.73 Å². The number of hydrogen-bond donors (Lipinski definition) is 3. The molecule has 1 aromatic carbocycles. The summed E-state index contributed by atoms with van der Waals surface area (Å²) < 4.78 is 14.6. The Labute approximate surface area is 168 Å². The van der Waals surface area contributed by atoms with Gasteiger partial charge in [0.25, 0.3) is 5.91 Å². The van der Waals surface area contributed by atoms with Crippen molar-refractivity contribution in [2.24, 2.45) is 0 Å². The molecule has 0 aromatic heterocycles. The first kappa shape index (κ1) is 20.7. The number of nitrogens with zero attached hydrogens (tertiary/aromatic N) is 1. The number of halogens is 1. The molecular weight excluding hydrogens is 357 g/mol. The highest BCUT2D eigenvalue weighted by Crippen LogP contribution is 2.52. The fourth-order valence-corrected chi connectivity index (χ4v) is 4.32. The number of piperidine rings is 1. The molecule has 1 saturated heterocycles. The number of benzene rings is 1. The zero-order chi connectivity index (χ0) is 21.6. The number of anilines is 1. The van der Waals surface area contributed by atoms with Gasteiger partial charge in [0.15, 0.2) is 7.85 Å². The zero-order valence-corrected chi connectivity index (χ0v) is 17.2. The second-order valence-corrected chi connectivity index (χ2v) is 8.99. The zero-order valence-electron chi connectivity index (χ0n) is 17.2. The number of carbonyl (C=O) groups excluding carboxylic acids is 3. The van der Waals surface area contributed by atoms with E-state index in [-0.39, 0.29) is 27.7 Å². The maximum atomic E-state index is 14.6. The van der Waals surface area contributed by atoms with Crippen LogP contribution in [0.15, 0.2) is 0 Å². The third-order valence-electron chi connectivity index (χ3n) is 6.94. The molecule has 2 atom stereocenters. The number of amides is 3. The average Bonchev–Trinajstić information content (AvgIpc) is 2.77. The van der Waals surface area contributed by atoms with Gasteiger partial charge in [0, 0.05) is 16.8 Å². The molecule has 2 unspecified atom stereocenters. The standard InChI is InChI=1S/C13H19B7FN3O4/c14-3-1-2(6(22)4(15)5(3)21)13(20,28)24(9(1)26)7-8(25)23-10(27)12(18,19)11(7,16)17/h7,28H,14-20,22H2,(H,23,25,27). The summed E-state index contributed by atoms with van der Waals surface area (Å²) in [5, 5.41) is 11.6. The minimum Gasteiger partial charge on any atom is -0.399 e. The van der Waals surface area contributed by atoms with Gasteiger partial charge in [-0.3, -0.25) is 19.7 Å². The fourth-order valence-electron chi connectivity index (χ4n) is 4.32. The van der Waals surface area contributed by atoms with Crippen LogP contribution in [0.25, 0.3) is 0 Å². The van der Waals surface area contributed by atoms with E-state index < -0.39 is 45.6 Å². The molecule has 28 heavy (non-hydrogen) atoms. The first-order chi connectivity index (χ1) is 12.6. The molecule has 2 aliphatic heterocycles. The molecule has 0 radical (unpaired) electrons. The van der Waals surface area contributed by atoms with Gasteiger partial charge in [-0.15, -0.1) is 0 Å². The molecule has 1 aromatic rings. The van der Waals surface area contributed by atoms with E-state index >= 15 is 0 Å². The summed E-state index contributed by atoms with van der Waals surface area (Å²) in [7, 11) is 11.0. The lowest BCUT2D eigenvalue weighted by molar-refractivity contribution is -0.143. The van der Waals surface area contributed by atoms with Crippen molar-refractivity contribution in [3.8, 4) is 0 Å². The van der Waals surface area contributed by atoms with Gasteiger partial charge in [-0.2, -0.15) is 0 Å². The maximum absolute atomic E-state index is 14.6. The molecule has 4 N–H and O–H groups in total. The third kappa shape index (κ3) is 2.25. The molecule has 0 spiro atoms. The maximum Gasteiger partial charge on any atom is 0.256 e. The van der Waals surface area contributed by atoms with Gasteiger partial charge in [-0.25, -0.2) is 4.39 Å². The Morgan fingerprint density at radius 3 is 2.14 bits per heavy atom. The van der Waals surface area contributed by atoms with Crippen LogP contribution in [0.4, 0.5) is 10.1 Å². The lowest BCUT2D eigenvalue weighted by Crippen LogP contribution is -2.69. The topological polar surface area (TPSA) is 113 Å². The lowest BCUT2D eigenvalue weighted by Gasteiger charge is -2.54. The average molecular weight is 376 g/mol. The normalized spacial score (nSPS) is 28.1. The molecule has 7 nitrogen and oxygen atoms in total. The Balaban J connectivity index is 2.29. The number of imide groups is 1. The van der Waals surface area contributed by atoms with E-state index in [1.165, 1.54) is 23.5 Å². The van der Waals surface area contributed by atoms with Crippen molar-refractivity contribution in [3.05, 3.63) is 16.9 Å². The summed E-state index contributed by atoms with van der Waals surface area (Å²) in [5.74, 6) is -2.46. The van der Waals surface area contributed by atoms with Crippen molar-refractivity contribution in [1.82, 2.24) is 10.2 Å². The van der Waals surface area contributed by atoms with Gasteiger partial charge in [-0.05, 0) is 16.1 Å². The van der Waals surface area contributed by atoms with Crippen molar-refractivity contribution in [3.63, 3.8) is 0 Å². The Morgan fingerprint density at radius 1 is 1.07 bits per heavy atom. The molecule has 3 rings (SSSR count). The Hall–Kier alpha value is -2.03. The monoisotopic (exact) mass is 377 g/mol. The van der Waals surface area contributed by atoms with Gasteiger partial charge < -0.3 is 15.7 Å². The number of carbonyl (C=O) groups is 3. The predicted molar refractivity (Wildman–Crippen MR) is 122 cm³/mol. The van der Waals surface area contributed by atoms with E-state index in [9.17, 15) is 23.9 Å². The molecule has 0 saturated carbocycles. The van der Waals surface area contributed by atoms with Gasteiger partial charge in [0.05, 0.1) is 0 Å². The highest BCUT2D eigenvalue weighted by atomic mass is 19.1. The molecule has 1 fully saturated rings. The molecule has 0 aliphatic carbocycles. The van der Waals surface area contributed by atoms with Crippen LogP contribution < -0.4 is 22.0 Å². The highest BCUT2D eigenvalue weighted by Gasteiger charge is 2.62. The van der Waals surface area contributed by atoms with Gasteiger partial charge in [0.1, 0.15) is 64.6 Å². The van der Waals surface area contributed by atoms with Crippen molar-refractivity contribution >= 4 is 89.3 Å². The van der Waals surface area contributed by atoms with Crippen LogP contribution in [0.2, 0.25) is 10.4 Å². The smallest absolute Gasteiger partial charge is 0.256 e. The van der Waals surface area contributed by atoms with Crippen LogP contribution in [-0.2, 0) is 15.2 Å². The van der Waals surface area contributed by atoms with Gasteiger partial charge in [0.2, 0.25) is 11.8 Å². The SMILES string of the molecule is Bc1c(N)c2c(c(B)c1F)C(=O)N(C1C(=O)NC(=O)C(B)(B)C1(B)B)C2(B)O. The highest BCUT2D eigenvalue weighted by molar-refractivity contribution is 6.63. The van der Waals surface area contributed by atoms with Crippen LogP contribution in [0.5, 0.6) is 0 Å². The van der Waals surface area contributed by atoms with Crippen molar-refractivity contribution in [1.29, 1.82) is 0 Å². The number of nitrogens with one attached hydrogen (secondary N) is 1. The number of aliphatic hydroxyl groups is 1. The summed E-state index contributed by atoms with van der Waals surface area (Å²) in [5.41, 5.74) is 4.36. The summed E-state index contributed by atoms with van der Waals surface area (Å²) in [4.78, 5) is 39.6. The molecule has 2 heterocycles. The van der Waals surface area contributed by atoms with E-state index in [1.807, 2.05) is 0 Å². The molecule has 2 aliphatic rings. The Bertz CT molecular complexity index is 968. The fraction of sp³-hybridized carbons (Fsp3) is 0.308. The van der Waals surface area contributed by atoms with Crippen LogP contribution in [0.1, 0.15) is 15.9 Å². The van der Waals surface area contributed by atoms with E-state index in [1.54, 1.807) is 31.4 Å². The minimum atomic E-state index is -1.95. The van der Waals surface area contributed by atoms with E-state index in [0.717, 1.165) is 4.90 Å². The second-order valence-electron chi connectivity index (χ2n) is 8.99. The third-order valence-corrected chi connectivity index (χ3v) is 6.94. The van der Waals surface area contributed by atoms with E-state index in [0.29, 0.717) is 0 Å². The van der Waals surface area contributed by atoms with Gasteiger partial charge in [-0.1, -0.05) is 5.21 Å². The Kier molecular flexibility index (Phi) is 4.25. The number of nitrogens with two attached hydrogens (primary N) is 1. The molecule has 15 heteroatoms. The van der Waals surface area contributed by atoms with Crippen molar-refractivity contribution in [2.45, 2.75) is 22.1 Å². The van der Waals surface area contributed by atoms with Crippen molar-refractivity contribution < 1.29 is 23.9 Å².